The van der Waals surface area contributed by atoms with Gasteiger partial charge in [0.15, 0.2) is 0 Å². The lowest BCUT2D eigenvalue weighted by Gasteiger charge is -2.30. The van der Waals surface area contributed by atoms with Crippen molar-refractivity contribution in [2.45, 2.75) is 78.4 Å². The third kappa shape index (κ3) is 10.5. The SMILES string of the molecule is COC(=O)N[C@H](C(=O)N1CCCC1C(=O)Nc1ncc(-c2ccc3cc(-c4cnc([C@@H]5CCCN5C(=O)[C@@H](C)C(C)C)[nH]4)ccc3c2)cn1)C(C)C.S.S.S.S. The molecular weight excluding hydrogens is 789 g/mol. The Morgan fingerprint density at radius 1 is 0.750 bits per heavy atom. The molecule has 2 aromatic heterocycles. The zero-order valence-electron chi connectivity index (χ0n) is 32.7. The third-order valence-electron chi connectivity index (χ3n) is 10.4. The summed E-state index contributed by atoms with van der Waals surface area (Å²) < 4.78 is 4.69. The molecular formula is C39H56N8O5S4. The number of likely N-dealkylation sites (tertiary alicyclic amines) is 2. The highest BCUT2D eigenvalue weighted by Crippen LogP contribution is 2.34. The Morgan fingerprint density at radius 3 is 1.98 bits per heavy atom. The van der Waals surface area contributed by atoms with Crippen LogP contribution in [0.15, 0.2) is 55.0 Å². The number of nitrogens with zero attached hydrogens (tertiary/aromatic N) is 5. The minimum Gasteiger partial charge on any atom is -0.453 e. The number of benzene rings is 2. The van der Waals surface area contributed by atoms with Gasteiger partial charge in [-0.25, -0.2) is 19.7 Å². The van der Waals surface area contributed by atoms with Gasteiger partial charge >= 0.3 is 6.09 Å². The molecule has 4 atom stereocenters. The molecule has 0 saturated carbocycles. The van der Waals surface area contributed by atoms with Crippen molar-refractivity contribution in [3.63, 3.8) is 0 Å². The van der Waals surface area contributed by atoms with Gasteiger partial charge in [-0.3, -0.25) is 19.7 Å². The lowest BCUT2D eigenvalue weighted by Crippen LogP contribution is -2.54. The number of amides is 4. The smallest absolute Gasteiger partial charge is 0.407 e. The standard InChI is InChI=1S/C39H48N8O5.4H2S/c1-22(2)24(5)36(49)46-15-7-9-31(46)34-40-21-30(43-34)28-14-13-25-17-27(12-11-26(25)18-28)29-19-41-38(42-20-29)45-35(48)32-10-8-16-47(32)37(50)33(23(3)4)44-39(51)52-6;;;;/h11-14,17-24,31-33H,7-10,15-16H2,1-6H3,(H,40,43)(H,44,51)(H,41,42,45,48);4*1H2/t24-,31-,32?,33-;;;;/m0..../s1. The van der Waals surface area contributed by atoms with Crippen LogP contribution in [0.4, 0.5) is 10.7 Å². The molecule has 3 N–H and O–H groups in total. The number of hydrogen-bond acceptors (Lipinski definition) is 8. The zero-order valence-corrected chi connectivity index (χ0v) is 36.7. The predicted octanol–water partition coefficient (Wildman–Crippen LogP) is 6.40. The minimum absolute atomic E-state index is 0. The molecule has 2 aromatic carbocycles. The number of alkyl carbamates (subject to hydrolysis) is 1. The number of H-pyrrole nitrogens is 1. The lowest BCUT2D eigenvalue weighted by molar-refractivity contribution is -0.139. The van der Waals surface area contributed by atoms with E-state index in [0.717, 1.165) is 58.4 Å². The third-order valence-corrected chi connectivity index (χ3v) is 10.4. The quantitative estimate of drug-likeness (QED) is 0.165. The van der Waals surface area contributed by atoms with Gasteiger partial charge < -0.3 is 24.8 Å². The second-order valence-corrected chi connectivity index (χ2v) is 14.5. The molecule has 2 aliphatic rings. The second-order valence-electron chi connectivity index (χ2n) is 14.5. The summed E-state index contributed by atoms with van der Waals surface area (Å²) in [5, 5.41) is 7.45. The molecule has 4 aromatic rings. The van der Waals surface area contributed by atoms with E-state index in [2.05, 4.69) is 74.5 Å². The van der Waals surface area contributed by atoms with Crippen molar-refractivity contribution in [2.75, 3.05) is 25.5 Å². The average Bonchev–Trinajstić information content (AvgIpc) is 3.94. The van der Waals surface area contributed by atoms with Gasteiger partial charge in [-0.05, 0) is 66.0 Å². The highest BCUT2D eigenvalue weighted by atomic mass is 32.1. The van der Waals surface area contributed by atoms with E-state index in [9.17, 15) is 19.2 Å². The first-order valence-electron chi connectivity index (χ1n) is 18.1. The molecule has 306 valence electrons. The van der Waals surface area contributed by atoms with Gasteiger partial charge in [-0.2, -0.15) is 54.0 Å². The maximum absolute atomic E-state index is 13.3. The van der Waals surface area contributed by atoms with Crippen molar-refractivity contribution >= 4 is 94.5 Å². The van der Waals surface area contributed by atoms with Crippen LogP contribution in [-0.2, 0) is 19.1 Å². The largest absolute Gasteiger partial charge is 0.453 e. The summed E-state index contributed by atoms with van der Waals surface area (Å²) in [7, 11) is 1.24. The Morgan fingerprint density at radius 2 is 1.36 bits per heavy atom. The first-order valence-corrected chi connectivity index (χ1v) is 18.1. The van der Waals surface area contributed by atoms with E-state index in [1.165, 1.54) is 12.0 Å². The Labute approximate surface area is 356 Å². The number of rotatable bonds is 10. The molecule has 0 bridgehead atoms. The van der Waals surface area contributed by atoms with Crippen molar-refractivity contribution in [2.24, 2.45) is 17.8 Å². The monoisotopic (exact) mass is 844 g/mol. The van der Waals surface area contributed by atoms with E-state index in [4.69, 9.17) is 4.98 Å². The Kier molecular flexibility index (Phi) is 18.1. The average molecular weight is 845 g/mol. The van der Waals surface area contributed by atoms with Gasteiger partial charge in [0, 0.05) is 42.5 Å². The van der Waals surface area contributed by atoms with Crippen molar-refractivity contribution in [3.8, 4) is 22.4 Å². The number of aromatic amines is 1. The van der Waals surface area contributed by atoms with Crippen LogP contribution < -0.4 is 10.6 Å². The van der Waals surface area contributed by atoms with Crippen molar-refractivity contribution < 1.29 is 23.9 Å². The van der Waals surface area contributed by atoms with Crippen LogP contribution in [0, 0.1) is 17.8 Å². The maximum atomic E-state index is 13.3. The second kappa shape index (κ2) is 21.0. The fourth-order valence-electron chi connectivity index (χ4n) is 7.02. The summed E-state index contributed by atoms with van der Waals surface area (Å²) in [6, 6.07) is 10.8. The minimum atomic E-state index is -0.812. The molecule has 4 amide bonds. The number of nitrogens with one attached hydrogen (secondary N) is 3. The molecule has 4 heterocycles. The van der Waals surface area contributed by atoms with Gasteiger partial charge in [0.2, 0.25) is 23.7 Å². The topological polar surface area (TPSA) is 163 Å². The fraction of sp³-hybridized carbons (Fsp3) is 0.462. The van der Waals surface area contributed by atoms with Crippen LogP contribution in [0.1, 0.15) is 72.2 Å². The highest BCUT2D eigenvalue weighted by Gasteiger charge is 2.39. The van der Waals surface area contributed by atoms with Crippen LogP contribution in [0.5, 0.6) is 0 Å². The molecule has 2 saturated heterocycles. The summed E-state index contributed by atoms with van der Waals surface area (Å²) in [4.78, 5) is 72.1. The van der Waals surface area contributed by atoms with Crippen molar-refractivity contribution in [1.29, 1.82) is 0 Å². The number of carbonyl (C=O) groups is 4. The summed E-state index contributed by atoms with van der Waals surface area (Å²) in [6.07, 6.45) is 7.51. The van der Waals surface area contributed by atoms with E-state index in [1.54, 1.807) is 12.4 Å². The van der Waals surface area contributed by atoms with Gasteiger partial charge in [-0.15, -0.1) is 0 Å². The molecule has 0 spiro atoms. The van der Waals surface area contributed by atoms with Gasteiger partial charge in [0.1, 0.15) is 17.9 Å². The first-order chi connectivity index (χ1) is 24.9. The Bertz CT molecular complexity index is 1960. The molecule has 1 unspecified atom stereocenters. The van der Waals surface area contributed by atoms with Gasteiger partial charge in [-0.1, -0.05) is 58.9 Å². The molecule has 0 aliphatic carbocycles. The summed E-state index contributed by atoms with van der Waals surface area (Å²) >= 11 is 0. The maximum Gasteiger partial charge on any atom is 0.407 e. The number of aromatic nitrogens is 4. The Balaban J connectivity index is 0.00000271. The summed E-state index contributed by atoms with van der Waals surface area (Å²) in [6.45, 7) is 11.0. The van der Waals surface area contributed by atoms with E-state index >= 15 is 0 Å². The summed E-state index contributed by atoms with van der Waals surface area (Å²) in [5.41, 5.74) is 3.63. The molecule has 2 fully saturated rings. The molecule has 2 aliphatic heterocycles. The van der Waals surface area contributed by atoms with E-state index in [0.29, 0.717) is 19.4 Å². The number of ether oxygens (including phenoxy) is 1. The van der Waals surface area contributed by atoms with Gasteiger partial charge in [0.25, 0.3) is 0 Å². The van der Waals surface area contributed by atoms with Crippen molar-refractivity contribution in [3.05, 3.63) is 60.8 Å². The lowest BCUT2D eigenvalue weighted by atomic mass is 9.96. The molecule has 17 heteroatoms. The number of methoxy groups -OCH3 is 1. The molecule has 6 rings (SSSR count). The van der Waals surface area contributed by atoms with Gasteiger partial charge in [0.05, 0.1) is 25.0 Å². The number of imidazole rings is 1. The Hall–Kier alpha value is -3.93. The van der Waals surface area contributed by atoms with Crippen LogP contribution in [-0.4, -0.2) is 85.8 Å². The van der Waals surface area contributed by atoms with Crippen LogP contribution in [0.3, 0.4) is 0 Å². The molecule has 56 heavy (non-hydrogen) atoms. The zero-order chi connectivity index (χ0) is 37.1. The van der Waals surface area contributed by atoms with E-state index < -0.39 is 18.2 Å². The summed E-state index contributed by atoms with van der Waals surface area (Å²) in [5.74, 6) is 0.526. The van der Waals surface area contributed by atoms with Crippen LogP contribution >= 0.6 is 54.0 Å². The predicted molar refractivity (Wildman–Crippen MR) is 239 cm³/mol. The van der Waals surface area contributed by atoms with Crippen LogP contribution in [0.25, 0.3) is 33.2 Å². The van der Waals surface area contributed by atoms with Crippen molar-refractivity contribution in [1.82, 2.24) is 35.1 Å². The number of anilines is 1. The number of hydrogen-bond donors (Lipinski definition) is 3. The van der Waals surface area contributed by atoms with E-state index in [1.807, 2.05) is 37.9 Å². The molecule has 0 radical (unpaired) electrons. The number of fused-ring (bicyclic) bond motifs is 1. The first kappa shape index (κ1) is 48.2. The van der Waals surface area contributed by atoms with Crippen LogP contribution in [0.2, 0.25) is 0 Å². The van der Waals surface area contributed by atoms with E-state index in [-0.39, 0.29) is 101 Å². The normalized spacial score (nSPS) is 17.2. The fourth-order valence-corrected chi connectivity index (χ4v) is 7.02. The molecule has 13 nitrogen and oxygen atoms in total. The number of carbonyl (C=O) groups excluding carboxylic acids is 4. The highest BCUT2D eigenvalue weighted by molar-refractivity contribution is 7.59.